The number of benzene rings is 2. The van der Waals surface area contributed by atoms with Crippen LogP contribution in [0.1, 0.15) is 17.1 Å². The van der Waals surface area contributed by atoms with Crippen LogP contribution in [0.15, 0.2) is 63.8 Å². The van der Waals surface area contributed by atoms with Gasteiger partial charge in [0.1, 0.15) is 23.0 Å². The van der Waals surface area contributed by atoms with Gasteiger partial charge >= 0.3 is 6.18 Å². The van der Waals surface area contributed by atoms with E-state index in [1.54, 1.807) is 38.1 Å². The molecule has 3 rings (SSSR count). The molecule has 0 spiro atoms. The van der Waals surface area contributed by atoms with E-state index in [4.69, 9.17) is 9.15 Å². The average molecular weight is 360 g/mol. The van der Waals surface area contributed by atoms with Crippen LogP contribution in [0.2, 0.25) is 0 Å². The van der Waals surface area contributed by atoms with Gasteiger partial charge in [-0.25, -0.2) is 0 Å². The normalized spacial score (nSPS) is 11.4. The molecule has 0 aliphatic carbocycles. The molecule has 0 atom stereocenters. The van der Waals surface area contributed by atoms with Crippen LogP contribution in [0.4, 0.5) is 13.2 Å². The maximum absolute atomic E-state index is 12.6. The molecule has 26 heavy (non-hydrogen) atoms. The fraction of sp³-hybridized carbons (Fsp3) is 0.150. The van der Waals surface area contributed by atoms with Crippen molar-refractivity contribution in [2.45, 2.75) is 20.0 Å². The summed E-state index contributed by atoms with van der Waals surface area (Å²) in [6.45, 7) is 3.43. The van der Waals surface area contributed by atoms with Crippen LogP contribution in [0, 0.1) is 13.8 Å². The standard InChI is InChI=1S/C20H15F3O3/c1-12-11-18(24)19(13(2)25-12)14-3-7-16(8-4-14)26-17-9-5-15(6-10-17)20(21,22)23/h3-11H,1-2H3. The highest BCUT2D eigenvalue weighted by Crippen LogP contribution is 2.32. The van der Waals surface area contributed by atoms with Gasteiger partial charge in [-0.15, -0.1) is 0 Å². The van der Waals surface area contributed by atoms with E-state index >= 15 is 0 Å². The number of hydrogen-bond donors (Lipinski definition) is 0. The van der Waals surface area contributed by atoms with Crippen molar-refractivity contribution in [3.63, 3.8) is 0 Å². The molecule has 1 heterocycles. The third kappa shape index (κ3) is 3.79. The second kappa shape index (κ2) is 6.71. The van der Waals surface area contributed by atoms with Crippen molar-refractivity contribution in [2.24, 2.45) is 0 Å². The molecule has 0 aliphatic rings. The average Bonchev–Trinajstić information content (AvgIpc) is 2.55. The summed E-state index contributed by atoms with van der Waals surface area (Å²) in [5.74, 6) is 1.80. The minimum Gasteiger partial charge on any atom is -0.466 e. The van der Waals surface area contributed by atoms with Crippen LogP contribution in [-0.4, -0.2) is 0 Å². The Labute approximate surface area is 147 Å². The molecule has 2 aromatic carbocycles. The van der Waals surface area contributed by atoms with Crippen molar-refractivity contribution >= 4 is 0 Å². The zero-order valence-corrected chi connectivity index (χ0v) is 14.1. The first-order chi connectivity index (χ1) is 12.2. The summed E-state index contributed by atoms with van der Waals surface area (Å²) < 4.78 is 48.7. The highest BCUT2D eigenvalue weighted by atomic mass is 19.4. The van der Waals surface area contributed by atoms with E-state index in [2.05, 4.69) is 0 Å². The predicted molar refractivity (Wildman–Crippen MR) is 91.4 cm³/mol. The fourth-order valence-electron chi connectivity index (χ4n) is 2.64. The lowest BCUT2D eigenvalue weighted by Gasteiger charge is -2.10. The Hall–Kier alpha value is -3.02. The number of hydrogen-bond acceptors (Lipinski definition) is 3. The molecule has 0 bridgehead atoms. The quantitative estimate of drug-likeness (QED) is 0.598. The number of aryl methyl sites for hydroxylation is 2. The molecule has 0 N–H and O–H groups in total. The first kappa shape index (κ1) is 17.8. The van der Waals surface area contributed by atoms with Crippen molar-refractivity contribution in [2.75, 3.05) is 0 Å². The molecular weight excluding hydrogens is 345 g/mol. The fourth-order valence-corrected chi connectivity index (χ4v) is 2.64. The number of ether oxygens (including phenoxy) is 1. The lowest BCUT2D eigenvalue weighted by atomic mass is 10.0. The van der Waals surface area contributed by atoms with E-state index in [1.165, 1.54) is 18.2 Å². The van der Waals surface area contributed by atoms with Crippen LogP contribution < -0.4 is 10.2 Å². The molecule has 134 valence electrons. The van der Waals surface area contributed by atoms with Gasteiger partial charge in [0.25, 0.3) is 0 Å². The molecular formula is C20H15F3O3. The van der Waals surface area contributed by atoms with Gasteiger partial charge in [0.05, 0.1) is 11.1 Å². The predicted octanol–water partition coefficient (Wildman–Crippen LogP) is 5.73. The Morgan fingerprint density at radius 1 is 0.885 bits per heavy atom. The zero-order chi connectivity index (χ0) is 18.9. The largest absolute Gasteiger partial charge is 0.466 e. The number of alkyl halides is 3. The van der Waals surface area contributed by atoms with Gasteiger partial charge < -0.3 is 9.15 Å². The van der Waals surface area contributed by atoms with Crippen LogP contribution in [-0.2, 0) is 6.18 Å². The first-order valence-electron chi connectivity index (χ1n) is 7.81. The van der Waals surface area contributed by atoms with Crippen molar-refractivity contribution < 1.29 is 22.3 Å². The van der Waals surface area contributed by atoms with Gasteiger partial charge in [0.2, 0.25) is 0 Å². The van der Waals surface area contributed by atoms with Gasteiger partial charge in [-0.1, -0.05) is 12.1 Å². The second-order valence-corrected chi connectivity index (χ2v) is 5.80. The molecule has 0 fully saturated rings. The van der Waals surface area contributed by atoms with Crippen molar-refractivity contribution in [1.82, 2.24) is 0 Å². The Bertz CT molecular complexity index is 969. The van der Waals surface area contributed by atoms with E-state index in [0.29, 0.717) is 28.4 Å². The summed E-state index contributed by atoms with van der Waals surface area (Å²) in [7, 11) is 0. The van der Waals surface area contributed by atoms with Crippen LogP contribution in [0.3, 0.4) is 0 Å². The highest BCUT2D eigenvalue weighted by molar-refractivity contribution is 5.65. The van der Waals surface area contributed by atoms with Crippen LogP contribution in [0.5, 0.6) is 11.5 Å². The number of halogens is 3. The molecule has 6 heteroatoms. The summed E-state index contributed by atoms with van der Waals surface area (Å²) >= 11 is 0. The molecule has 0 saturated carbocycles. The molecule has 0 radical (unpaired) electrons. The summed E-state index contributed by atoms with van der Waals surface area (Å²) in [5.41, 5.74) is 0.275. The maximum atomic E-state index is 12.6. The highest BCUT2D eigenvalue weighted by Gasteiger charge is 2.30. The molecule has 3 nitrogen and oxygen atoms in total. The minimum atomic E-state index is -4.38. The zero-order valence-electron chi connectivity index (χ0n) is 14.1. The Morgan fingerprint density at radius 3 is 1.92 bits per heavy atom. The Balaban J connectivity index is 1.82. The van der Waals surface area contributed by atoms with Crippen molar-refractivity contribution in [1.29, 1.82) is 0 Å². The van der Waals surface area contributed by atoms with Gasteiger partial charge in [0.15, 0.2) is 5.43 Å². The van der Waals surface area contributed by atoms with Gasteiger partial charge in [-0.05, 0) is 55.8 Å². The first-order valence-corrected chi connectivity index (χ1v) is 7.81. The van der Waals surface area contributed by atoms with E-state index < -0.39 is 11.7 Å². The van der Waals surface area contributed by atoms with Crippen molar-refractivity contribution in [3.05, 3.63) is 81.9 Å². The molecule has 1 aromatic heterocycles. The number of rotatable bonds is 3. The lowest BCUT2D eigenvalue weighted by Crippen LogP contribution is -2.06. The second-order valence-electron chi connectivity index (χ2n) is 5.80. The smallest absolute Gasteiger partial charge is 0.416 e. The van der Waals surface area contributed by atoms with Crippen LogP contribution >= 0.6 is 0 Å². The minimum absolute atomic E-state index is 0.136. The summed E-state index contributed by atoms with van der Waals surface area (Å²) in [4.78, 5) is 12.2. The van der Waals surface area contributed by atoms with E-state index in [-0.39, 0.29) is 11.2 Å². The Morgan fingerprint density at radius 2 is 1.42 bits per heavy atom. The lowest BCUT2D eigenvalue weighted by molar-refractivity contribution is -0.137. The SMILES string of the molecule is Cc1cc(=O)c(-c2ccc(Oc3ccc(C(F)(F)F)cc3)cc2)c(C)o1. The third-order valence-electron chi connectivity index (χ3n) is 3.81. The molecule has 0 unspecified atom stereocenters. The monoisotopic (exact) mass is 360 g/mol. The van der Waals surface area contributed by atoms with E-state index in [1.807, 2.05) is 0 Å². The maximum Gasteiger partial charge on any atom is 0.416 e. The van der Waals surface area contributed by atoms with E-state index in [0.717, 1.165) is 12.1 Å². The Kier molecular flexibility index (Phi) is 4.59. The molecule has 0 saturated heterocycles. The summed E-state index contributed by atoms with van der Waals surface area (Å²) in [6.07, 6.45) is -4.38. The van der Waals surface area contributed by atoms with Gasteiger partial charge in [-0.2, -0.15) is 13.2 Å². The molecule has 0 aliphatic heterocycles. The molecule has 0 amide bonds. The topological polar surface area (TPSA) is 39.4 Å². The summed E-state index contributed by atoms with van der Waals surface area (Å²) in [6, 6.07) is 12.6. The third-order valence-corrected chi connectivity index (χ3v) is 3.81. The van der Waals surface area contributed by atoms with Gasteiger partial charge in [-0.3, -0.25) is 4.79 Å². The summed E-state index contributed by atoms with van der Waals surface area (Å²) in [5, 5.41) is 0. The van der Waals surface area contributed by atoms with E-state index in [9.17, 15) is 18.0 Å². The van der Waals surface area contributed by atoms with Crippen LogP contribution in [0.25, 0.3) is 11.1 Å². The van der Waals surface area contributed by atoms with Crippen molar-refractivity contribution in [3.8, 4) is 22.6 Å². The molecule has 3 aromatic rings. The van der Waals surface area contributed by atoms with Gasteiger partial charge in [0, 0.05) is 6.07 Å².